The summed E-state index contributed by atoms with van der Waals surface area (Å²) in [5, 5.41) is 9.46. The van der Waals surface area contributed by atoms with Gasteiger partial charge in [0.15, 0.2) is 5.78 Å². The minimum absolute atomic E-state index is 0.0946. The highest BCUT2D eigenvalue weighted by atomic mass is 32.2. The van der Waals surface area contributed by atoms with Crippen LogP contribution in [-0.2, 0) is 14.8 Å². The van der Waals surface area contributed by atoms with Crippen LogP contribution >= 0.6 is 0 Å². The SMILES string of the molecule is CCCCCCCCCCCCCCCC(=O)[C@@H](CO)NS(=O)(=O)c1ccccc1. The second kappa shape index (κ2) is 16.5. The lowest BCUT2D eigenvalue weighted by Gasteiger charge is -2.15. The number of ketones is 1. The summed E-state index contributed by atoms with van der Waals surface area (Å²) in [5.41, 5.74) is 0. The Morgan fingerprint density at radius 1 is 0.833 bits per heavy atom. The molecular weight excluding hydrogens is 398 g/mol. The Balaban J connectivity index is 2.11. The molecule has 30 heavy (non-hydrogen) atoms. The molecular formula is C24H41NO4S. The molecule has 0 bridgehead atoms. The molecule has 0 saturated carbocycles. The second-order valence-electron chi connectivity index (χ2n) is 8.13. The third kappa shape index (κ3) is 11.8. The van der Waals surface area contributed by atoms with Gasteiger partial charge < -0.3 is 5.11 Å². The zero-order valence-electron chi connectivity index (χ0n) is 18.7. The van der Waals surface area contributed by atoms with Crippen molar-refractivity contribution in [1.82, 2.24) is 4.72 Å². The number of unbranched alkanes of at least 4 members (excludes halogenated alkanes) is 12. The molecule has 0 heterocycles. The minimum Gasteiger partial charge on any atom is -0.394 e. The molecule has 0 aliphatic heterocycles. The van der Waals surface area contributed by atoms with Crippen molar-refractivity contribution in [2.45, 2.75) is 108 Å². The summed E-state index contributed by atoms with van der Waals surface area (Å²) in [6.45, 7) is 1.72. The Kier molecular flexibility index (Phi) is 14.7. The fourth-order valence-electron chi connectivity index (χ4n) is 3.55. The van der Waals surface area contributed by atoms with E-state index in [2.05, 4.69) is 11.6 Å². The van der Waals surface area contributed by atoms with E-state index in [1.165, 1.54) is 76.3 Å². The number of rotatable bonds is 19. The van der Waals surface area contributed by atoms with E-state index in [1.54, 1.807) is 18.2 Å². The minimum atomic E-state index is -3.80. The number of hydrogen-bond acceptors (Lipinski definition) is 4. The lowest BCUT2D eigenvalue weighted by Crippen LogP contribution is -2.43. The van der Waals surface area contributed by atoms with Crippen molar-refractivity contribution in [2.75, 3.05) is 6.61 Å². The van der Waals surface area contributed by atoms with Gasteiger partial charge in [-0.3, -0.25) is 4.79 Å². The topological polar surface area (TPSA) is 83.5 Å². The molecule has 1 aromatic carbocycles. The maximum atomic E-state index is 12.3. The van der Waals surface area contributed by atoms with Crippen molar-refractivity contribution in [3.05, 3.63) is 30.3 Å². The molecule has 5 nitrogen and oxygen atoms in total. The third-order valence-corrected chi connectivity index (χ3v) is 6.94. The van der Waals surface area contributed by atoms with E-state index in [4.69, 9.17) is 0 Å². The first kappa shape index (κ1) is 26.8. The maximum Gasteiger partial charge on any atom is 0.241 e. The second-order valence-corrected chi connectivity index (χ2v) is 9.84. The van der Waals surface area contributed by atoms with Crippen molar-refractivity contribution >= 4 is 15.8 Å². The van der Waals surface area contributed by atoms with Crippen LogP contribution in [0.1, 0.15) is 96.8 Å². The van der Waals surface area contributed by atoms with Crippen LogP contribution < -0.4 is 4.72 Å². The van der Waals surface area contributed by atoms with Crippen LogP contribution in [-0.4, -0.2) is 32.0 Å². The van der Waals surface area contributed by atoms with Gasteiger partial charge in [-0.25, -0.2) is 8.42 Å². The van der Waals surface area contributed by atoms with E-state index in [-0.39, 0.29) is 10.7 Å². The number of aliphatic hydroxyl groups is 1. The van der Waals surface area contributed by atoms with E-state index in [0.717, 1.165) is 19.3 Å². The molecule has 0 aliphatic rings. The van der Waals surface area contributed by atoms with Crippen molar-refractivity contribution in [1.29, 1.82) is 0 Å². The summed E-state index contributed by atoms with van der Waals surface area (Å²) in [7, 11) is -3.80. The molecule has 0 amide bonds. The molecule has 0 fully saturated rings. The summed E-state index contributed by atoms with van der Waals surface area (Å²) in [4.78, 5) is 12.4. The van der Waals surface area contributed by atoms with Crippen LogP contribution in [0.15, 0.2) is 35.2 Å². The number of nitrogens with one attached hydrogen (secondary N) is 1. The zero-order valence-corrected chi connectivity index (χ0v) is 19.5. The van der Waals surface area contributed by atoms with Crippen LogP contribution in [0.25, 0.3) is 0 Å². The summed E-state index contributed by atoms with van der Waals surface area (Å²) in [6, 6.07) is 6.83. The Bertz CT molecular complexity index is 661. The zero-order chi connectivity index (χ0) is 22.1. The van der Waals surface area contributed by atoms with Crippen LogP contribution in [0.2, 0.25) is 0 Å². The van der Waals surface area contributed by atoms with E-state index >= 15 is 0 Å². The van der Waals surface area contributed by atoms with Crippen molar-refractivity contribution in [2.24, 2.45) is 0 Å². The summed E-state index contributed by atoms with van der Waals surface area (Å²) >= 11 is 0. The molecule has 0 unspecified atom stereocenters. The highest BCUT2D eigenvalue weighted by Crippen LogP contribution is 2.14. The largest absolute Gasteiger partial charge is 0.394 e. The number of benzene rings is 1. The van der Waals surface area contributed by atoms with Gasteiger partial charge in [-0.05, 0) is 18.6 Å². The van der Waals surface area contributed by atoms with Gasteiger partial charge in [-0.2, -0.15) is 4.72 Å². The lowest BCUT2D eigenvalue weighted by atomic mass is 10.0. The van der Waals surface area contributed by atoms with Crippen molar-refractivity contribution in [3.63, 3.8) is 0 Å². The van der Waals surface area contributed by atoms with E-state index in [1.807, 2.05) is 0 Å². The van der Waals surface area contributed by atoms with Crippen LogP contribution in [0.5, 0.6) is 0 Å². The molecule has 0 aromatic heterocycles. The van der Waals surface area contributed by atoms with Gasteiger partial charge >= 0.3 is 0 Å². The smallest absolute Gasteiger partial charge is 0.241 e. The molecule has 0 saturated heterocycles. The molecule has 1 rings (SSSR count). The monoisotopic (exact) mass is 439 g/mol. The predicted molar refractivity (Wildman–Crippen MR) is 123 cm³/mol. The Morgan fingerprint density at radius 2 is 1.30 bits per heavy atom. The Morgan fingerprint density at radius 3 is 1.77 bits per heavy atom. The molecule has 0 spiro atoms. The van der Waals surface area contributed by atoms with Gasteiger partial charge in [-0.1, -0.05) is 102 Å². The normalized spacial score (nSPS) is 12.7. The average Bonchev–Trinajstić information content (AvgIpc) is 2.75. The lowest BCUT2D eigenvalue weighted by molar-refractivity contribution is -0.121. The number of Topliss-reactive ketones (excluding diaryl/α,β-unsaturated/α-hetero) is 1. The fourth-order valence-corrected chi connectivity index (χ4v) is 4.78. The van der Waals surface area contributed by atoms with Crippen molar-refractivity contribution < 1.29 is 18.3 Å². The first-order valence-electron chi connectivity index (χ1n) is 11.7. The van der Waals surface area contributed by atoms with Crippen LogP contribution in [0.3, 0.4) is 0 Å². The van der Waals surface area contributed by atoms with Gasteiger partial charge in [0.05, 0.1) is 11.5 Å². The highest BCUT2D eigenvalue weighted by molar-refractivity contribution is 7.89. The molecule has 172 valence electrons. The van der Waals surface area contributed by atoms with E-state index in [9.17, 15) is 18.3 Å². The van der Waals surface area contributed by atoms with E-state index in [0.29, 0.717) is 6.42 Å². The highest BCUT2D eigenvalue weighted by Gasteiger charge is 2.24. The molecule has 1 atom stereocenters. The average molecular weight is 440 g/mol. The fraction of sp³-hybridized carbons (Fsp3) is 0.708. The molecule has 1 aromatic rings. The third-order valence-electron chi connectivity index (χ3n) is 5.45. The molecule has 0 radical (unpaired) electrons. The van der Waals surface area contributed by atoms with Gasteiger partial charge in [0.25, 0.3) is 0 Å². The number of sulfonamides is 1. The van der Waals surface area contributed by atoms with E-state index < -0.39 is 22.7 Å². The predicted octanol–water partition coefficient (Wildman–Crippen LogP) is 5.38. The number of hydrogen-bond donors (Lipinski definition) is 2. The summed E-state index contributed by atoms with van der Waals surface area (Å²) < 4.78 is 27.0. The molecule has 6 heteroatoms. The van der Waals surface area contributed by atoms with Crippen molar-refractivity contribution in [3.8, 4) is 0 Å². The molecule has 0 aliphatic carbocycles. The number of carbonyl (C=O) groups is 1. The first-order valence-corrected chi connectivity index (χ1v) is 13.2. The van der Waals surface area contributed by atoms with Gasteiger partial charge in [0.2, 0.25) is 10.0 Å². The number of carbonyl (C=O) groups excluding carboxylic acids is 1. The summed E-state index contributed by atoms with van der Waals surface area (Å²) in [5.74, 6) is -0.250. The van der Waals surface area contributed by atoms with Gasteiger partial charge in [-0.15, -0.1) is 0 Å². The Labute approximate surface area is 183 Å². The van der Waals surface area contributed by atoms with Crippen LogP contribution in [0, 0.1) is 0 Å². The van der Waals surface area contributed by atoms with Crippen LogP contribution in [0.4, 0.5) is 0 Å². The number of aliphatic hydroxyl groups excluding tert-OH is 1. The summed E-state index contributed by atoms with van der Waals surface area (Å²) in [6.07, 6.45) is 16.3. The quantitative estimate of drug-likeness (QED) is 0.284. The standard InChI is InChI=1S/C24H41NO4S/c1-2-3-4-5-6-7-8-9-10-11-12-13-17-20-24(27)23(21-26)25-30(28,29)22-18-15-14-16-19-22/h14-16,18-19,23,25-26H,2-13,17,20-21H2,1H3/t23-/m1/s1. The van der Waals surface area contributed by atoms with Gasteiger partial charge in [0.1, 0.15) is 6.04 Å². The Hall–Kier alpha value is -1.24. The maximum absolute atomic E-state index is 12.3. The van der Waals surface area contributed by atoms with Gasteiger partial charge in [0, 0.05) is 6.42 Å². The molecule has 2 N–H and O–H groups in total. The first-order chi connectivity index (χ1) is 14.5.